The number of phenolic OH excluding ortho intramolecular Hbond substituents is 1. The van der Waals surface area contributed by atoms with Gasteiger partial charge in [0, 0.05) is 37.8 Å². The average Bonchev–Trinajstić information content (AvgIpc) is 3.35. The summed E-state index contributed by atoms with van der Waals surface area (Å²) in [5.74, 6) is 0.525. The van der Waals surface area contributed by atoms with Crippen LogP contribution in [-0.2, 0) is 17.7 Å². The van der Waals surface area contributed by atoms with Gasteiger partial charge in [-0.25, -0.2) is 0 Å². The largest absolute Gasteiger partial charge is 0.508 e. The van der Waals surface area contributed by atoms with Gasteiger partial charge in [-0.2, -0.15) is 0 Å². The zero-order chi connectivity index (χ0) is 24.1. The Morgan fingerprint density at radius 2 is 1.91 bits per heavy atom. The molecule has 1 aliphatic rings. The second-order valence-electron chi connectivity index (χ2n) is 8.23. The van der Waals surface area contributed by atoms with Gasteiger partial charge >= 0.3 is 0 Å². The number of aromatic hydroxyl groups is 1. The molecule has 8 heteroatoms. The van der Waals surface area contributed by atoms with E-state index in [2.05, 4.69) is 21.4 Å². The van der Waals surface area contributed by atoms with Gasteiger partial charge in [0.05, 0.1) is 25.9 Å². The molecule has 0 spiro atoms. The first-order chi connectivity index (χ1) is 16.5. The Bertz CT molecular complexity index is 1150. The van der Waals surface area contributed by atoms with Gasteiger partial charge in [-0.05, 0) is 47.7 Å². The number of nitrogens with zero attached hydrogens (tertiary/aromatic N) is 2. The van der Waals surface area contributed by atoms with Crippen molar-refractivity contribution in [2.24, 2.45) is 0 Å². The molecule has 0 bridgehead atoms. The lowest BCUT2D eigenvalue weighted by molar-refractivity contribution is 0.0342. The van der Waals surface area contributed by atoms with Gasteiger partial charge in [-0.15, -0.1) is 0 Å². The van der Waals surface area contributed by atoms with Crippen molar-refractivity contribution in [1.29, 1.82) is 0 Å². The normalized spacial score (nSPS) is 14.2. The van der Waals surface area contributed by atoms with Gasteiger partial charge in [0.25, 0.3) is 5.91 Å². The SMILES string of the molecule is CCNC(=O)c1nocc1-c1ccc(CN2CCOCC2)c(-c2cc(CC)c(O)cc2OC)c1. The molecule has 3 aromatic rings. The minimum absolute atomic E-state index is 0.214. The lowest BCUT2D eigenvalue weighted by Crippen LogP contribution is -2.35. The van der Waals surface area contributed by atoms with E-state index < -0.39 is 0 Å². The van der Waals surface area contributed by atoms with Crippen LogP contribution in [0, 0.1) is 0 Å². The van der Waals surface area contributed by atoms with Crippen LogP contribution in [0.1, 0.15) is 35.5 Å². The lowest BCUT2D eigenvalue weighted by Gasteiger charge is -2.28. The zero-order valence-corrected chi connectivity index (χ0v) is 19.9. The molecule has 180 valence electrons. The highest BCUT2D eigenvalue weighted by molar-refractivity contribution is 5.99. The van der Waals surface area contributed by atoms with Crippen molar-refractivity contribution in [3.05, 3.63) is 53.4 Å². The number of carbonyl (C=O) groups is 1. The molecular formula is C26H31N3O5. The van der Waals surface area contributed by atoms with Crippen molar-refractivity contribution < 1.29 is 23.9 Å². The maximum atomic E-state index is 12.5. The number of rotatable bonds is 8. The summed E-state index contributed by atoms with van der Waals surface area (Å²) in [6.45, 7) is 8.27. The highest BCUT2D eigenvalue weighted by Gasteiger charge is 2.21. The molecule has 1 saturated heterocycles. The van der Waals surface area contributed by atoms with Gasteiger partial charge in [-0.1, -0.05) is 24.2 Å². The molecule has 1 amide bonds. The Morgan fingerprint density at radius 3 is 2.62 bits per heavy atom. The van der Waals surface area contributed by atoms with E-state index in [1.807, 2.05) is 32.0 Å². The van der Waals surface area contributed by atoms with Crippen molar-refractivity contribution in [2.45, 2.75) is 26.8 Å². The average molecular weight is 466 g/mol. The number of hydrogen-bond acceptors (Lipinski definition) is 7. The highest BCUT2D eigenvalue weighted by atomic mass is 16.5. The topological polar surface area (TPSA) is 97.1 Å². The molecule has 0 saturated carbocycles. The number of hydrogen-bond donors (Lipinski definition) is 2. The smallest absolute Gasteiger partial charge is 0.274 e. The molecule has 34 heavy (non-hydrogen) atoms. The molecule has 0 atom stereocenters. The Labute approximate surface area is 199 Å². The standard InChI is InChI=1S/C26H31N3O5/c1-4-17-12-21(24(32-3)14-23(17)30)20-13-18(22-16-34-28-25(22)26(31)27-5-2)6-7-19(20)15-29-8-10-33-11-9-29/h6-7,12-14,16,30H,4-5,8-11,15H2,1-3H3,(H,27,31). The summed E-state index contributed by atoms with van der Waals surface area (Å²) in [7, 11) is 1.60. The monoisotopic (exact) mass is 465 g/mol. The van der Waals surface area contributed by atoms with E-state index in [0.717, 1.165) is 47.5 Å². The van der Waals surface area contributed by atoms with Crippen LogP contribution in [0.2, 0.25) is 0 Å². The molecule has 1 aliphatic heterocycles. The number of ether oxygens (including phenoxy) is 2. The van der Waals surface area contributed by atoms with Crippen LogP contribution in [0.4, 0.5) is 0 Å². The fourth-order valence-electron chi connectivity index (χ4n) is 4.26. The van der Waals surface area contributed by atoms with Crippen LogP contribution in [0.3, 0.4) is 0 Å². The van der Waals surface area contributed by atoms with Gasteiger partial charge in [0.1, 0.15) is 17.8 Å². The summed E-state index contributed by atoms with van der Waals surface area (Å²) in [6, 6.07) is 9.75. The van der Waals surface area contributed by atoms with Gasteiger partial charge in [-0.3, -0.25) is 9.69 Å². The predicted octanol–water partition coefficient (Wildman–Crippen LogP) is 3.87. The Morgan fingerprint density at radius 1 is 1.12 bits per heavy atom. The number of benzene rings is 2. The molecule has 1 aromatic heterocycles. The molecule has 2 aromatic carbocycles. The lowest BCUT2D eigenvalue weighted by atomic mass is 9.92. The molecule has 0 radical (unpaired) electrons. The van der Waals surface area contributed by atoms with Crippen molar-refractivity contribution in [1.82, 2.24) is 15.4 Å². The van der Waals surface area contributed by atoms with Gasteiger partial charge < -0.3 is 24.4 Å². The van der Waals surface area contributed by atoms with Crippen molar-refractivity contribution in [3.8, 4) is 33.8 Å². The second-order valence-corrected chi connectivity index (χ2v) is 8.23. The molecule has 1 fully saturated rings. The van der Waals surface area contributed by atoms with Gasteiger partial charge in [0.2, 0.25) is 0 Å². The van der Waals surface area contributed by atoms with E-state index >= 15 is 0 Å². The van der Waals surface area contributed by atoms with Crippen LogP contribution in [0.25, 0.3) is 22.3 Å². The number of nitrogens with one attached hydrogen (secondary N) is 1. The van der Waals surface area contributed by atoms with Crippen molar-refractivity contribution >= 4 is 5.91 Å². The first-order valence-corrected chi connectivity index (χ1v) is 11.6. The van der Waals surface area contributed by atoms with E-state index in [9.17, 15) is 9.90 Å². The quantitative estimate of drug-likeness (QED) is 0.521. The second kappa shape index (κ2) is 10.7. The van der Waals surface area contributed by atoms with Crippen LogP contribution in [0.5, 0.6) is 11.5 Å². The summed E-state index contributed by atoms with van der Waals surface area (Å²) >= 11 is 0. The van der Waals surface area contributed by atoms with Crippen LogP contribution in [-0.4, -0.2) is 61.0 Å². The number of amides is 1. The number of morpholine rings is 1. The molecule has 2 heterocycles. The fraction of sp³-hybridized carbons (Fsp3) is 0.385. The highest BCUT2D eigenvalue weighted by Crippen LogP contribution is 2.40. The van der Waals surface area contributed by atoms with E-state index in [1.54, 1.807) is 13.2 Å². The summed E-state index contributed by atoms with van der Waals surface area (Å²) in [4.78, 5) is 14.9. The van der Waals surface area contributed by atoms with Crippen LogP contribution >= 0.6 is 0 Å². The first-order valence-electron chi connectivity index (χ1n) is 11.6. The van der Waals surface area contributed by atoms with Gasteiger partial charge in [0.15, 0.2) is 5.69 Å². The number of aryl methyl sites for hydroxylation is 1. The van der Waals surface area contributed by atoms with E-state index in [1.165, 1.54) is 6.26 Å². The maximum Gasteiger partial charge on any atom is 0.274 e. The summed E-state index contributed by atoms with van der Waals surface area (Å²) in [6.07, 6.45) is 2.19. The molecule has 0 aliphatic carbocycles. The number of phenols is 1. The van der Waals surface area contributed by atoms with E-state index in [0.29, 0.717) is 37.5 Å². The Hall–Kier alpha value is -3.36. The molecule has 0 unspecified atom stereocenters. The number of carbonyl (C=O) groups excluding carboxylic acids is 1. The number of aromatic nitrogens is 1. The third kappa shape index (κ3) is 4.93. The van der Waals surface area contributed by atoms with E-state index in [4.69, 9.17) is 14.0 Å². The van der Waals surface area contributed by atoms with Crippen molar-refractivity contribution in [3.63, 3.8) is 0 Å². The fourth-order valence-corrected chi connectivity index (χ4v) is 4.26. The van der Waals surface area contributed by atoms with Crippen LogP contribution < -0.4 is 10.1 Å². The zero-order valence-electron chi connectivity index (χ0n) is 19.9. The molecule has 8 nitrogen and oxygen atoms in total. The summed E-state index contributed by atoms with van der Waals surface area (Å²) < 4.78 is 16.3. The van der Waals surface area contributed by atoms with Crippen LogP contribution in [0.15, 0.2) is 41.1 Å². The summed E-state index contributed by atoms with van der Waals surface area (Å²) in [5.41, 5.74) is 5.51. The molecular weight excluding hydrogens is 434 g/mol. The minimum atomic E-state index is -0.277. The Kier molecular flexibility index (Phi) is 7.49. The van der Waals surface area contributed by atoms with Crippen molar-refractivity contribution in [2.75, 3.05) is 40.0 Å². The predicted molar refractivity (Wildman–Crippen MR) is 129 cm³/mol. The third-order valence-corrected chi connectivity index (χ3v) is 6.11. The molecule has 4 rings (SSSR count). The number of methoxy groups -OCH3 is 1. The molecule has 2 N–H and O–H groups in total. The third-order valence-electron chi connectivity index (χ3n) is 6.11. The minimum Gasteiger partial charge on any atom is -0.508 e. The Balaban J connectivity index is 1.84. The first kappa shape index (κ1) is 23.8. The van der Waals surface area contributed by atoms with E-state index in [-0.39, 0.29) is 17.4 Å². The summed E-state index contributed by atoms with van der Waals surface area (Å²) in [5, 5.41) is 17.1. The maximum absolute atomic E-state index is 12.5.